The first kappa shape index (κ1) is 24.0. The SMILES string of the molecule is COc1ccc([C@@H](C)NC2CCN(c3ccc(C(=O)NCc4ccc5c(c4)OCO5)cc3)CC2)cc1. The van der Waals surface area contributed by atoms with Crippen molar-refractivity contribution in [3.63, 3.8) is 0 Å². The average molecular weight is 488 g/mol. The van der Waals surface area contributed by atoms with E-state index in [1.807, 2.05) is 54.6 Å². The monoisotopic (exact) mass is 487 g/mol. The first-order chi connectivity index (χ1) is 17.6. The lowest BCUT2D eigenvalue weighted by Gasteiger charge is -2.35. The molecular weight excluding hydrogens is 454 g/mol. The van der Waals surface area contributed by atoms with Gasteiger partial charge >= 0.3 is 0 Å². The minimum Gasteiger partial charge on any atom is -0.497 e. The number of methoxy groups -OCH3 is 1. The zero-order valence-corrected chi connectivity index (χ0v) is 20.8. The summed E-state index contributed by atoms with van der Waals surface area (Å²) in [7, 11) is 1.69. The van der Waals surface area contributed by atoms with Crippen molar-refractivity contribution in [2.24, 2.45) is 0 Å². The Hall–Kier alpha value is -3.71. The molecule has 0 aromatic heterocycles. The topological polar surface area (TPSA) is 72.1 Å². The number of piperidine rings is 1. The standard InChI is InChI=1S/C29H33N3O4/c1-20(22-6-10-26(34-2)11-7-22)31-24-13-15-32(16-14-24)25-8-4-23(5-9-25)29(33)30-18-21-3-12-27-28(17-21)36-19-35-27/h3-12,17,20,24,31H,13-16,18-19H2,1-2H3,(H,30,33)/t20-/m1/s1. The molecule has 1 saturated heterocycles. The second-order valence-electron chi connectivity index (χ2n) is 9.34. The molecule has 0 saturated carbocycles. The number of amides is 1. The minimum absolute atomic E-state index is 0.0883. The normalized spacial score (nSPS) is 16.0. The van der Waals surface area contributed by atoms with Crippen LogP contribution in [-0.4, -0.2) is 38.9 Å². The Labute approximate surface area is 212 Å². The van der Waals surface area contributed by atoms with Crippen LogP contribution >= 0.6 is 0 Å². The lowest BCUT2D eigenvalue weighted by Crippen LogP contribution is -2.43. The number of benzene rings is 3. The van der Waals surface area contributed by atoms with Crippen LogP contribution in [-0.2, 0) is 6.54 Å². The summed E-state index contributed by atoms with van der Waals surface area (Å²) in [5, 5.41) is 6.76. The molecule has 188 valence electrons. The fourth-order valence-electron chi connectivity index (χ4n) is 4.81. The van der Waals surface area contributed by atoms with E-state index in [0.29, 0.717) is 24.2 Å². The largest absolute Gasteiger partial charge is 0.497 e. The van der Waals surface area contributed by atoms with Crippen LogP contribution < -0.4 is 29.7 Å². The maximum absolute atomic E-state index is 12.6. The highest BCUT2D eigenvalue weighted by molar-refractivity contribution is 5.94. The molecule has 0 aliphatic carbocycles. The van der Waals surface area contributed by atoms with Crippen molar-refractivity contribution in [1.29, 1.82) is 0 Å². The van der Waals surface area contributed by atoms with Gasteiger partial charge in [-0.2, -0.15) is 0 Å². The van der Waals surface area contributed by atoms with Gasteiger partial charge in [0, 0.05) is 43.0 Å². The van der Waals surface area contributed by atoms with Gasteiger partial charge in [0.1, 0.15) is 5.75 Å². The van der Waals surface area contributed by atoms with Crippen LogP contribution in [0, 0.1) is 0 Å². The molecule has 0 radical (unpaired) electrons. The molecular formula is C29H33N3O4. The third-order valence-electron chi connectivity index (χ3n) is 6.98. The van der Waals surface area contributed by atoms with Crippen LogP contribution in [0.15, 0.2) is 66.7 Å². The van der Waals surface area contributed by atoms with E-state index in [1.165, 1.54) is 5.56 Å². The van der Waals surface area contributed by atoms with Crippen LogP contribution in [0.25, 0.3) is 0 Å². The molecule has 0 spiro atoms. The summed E-state index contributed by atoms with van der Waals surface area (Å²) >= 11 is 0. The van der Waals surface area contributed by atoms with E-state index in [9.17, 15) is 4.79 Å². The molecule has 0 bridgehead atoms. The summed E-state index contributed by atoms with van der Waals surface area (Å²) in [5.41, 5.74) is 4.06. The summed E-state index contributed by atoms with van der Waals surface area (Å²) in [6.07, 6.45) is 2.16. The van der Waals surface area contributed by atoms with Crippen molar-refractivity contribution in [3.05, 3.63) is 83.4 Å². The summed E-state index contributed by atoms with van der Waals surface area (Å²) in [6.45, 7) is 4.87. The predicted molar refractivity (Wildman–Crippen MR) is 140 cm³/mol. The van der Waals surface area contributed by atoms with E-state index >= 15 is 0 Å². The zero-order chi connectivity index (χ0) is 24.9. The molecule has 2 aliphatic rings. The predicted octanol–water partition coefficient (Wildman–Crippen LogP) is 4.67. The number of nitrogens with zero attached hydrogens (tertiary/aromatic N) is 1. The average Bonchev–Trinajstić information content (AvgIpc) is 3.40. The van der Waals surface area contributed by atoms with Gasteiger partial charge in [-0.15, -0.1) is 0 Å². The molecule has 3 aromatic rings. The van der Waals surface area contributed by atoms with Gasteiger partial charge in [0.05, 0.1) is 7.11 Å². The quantitative estimate of drug-likeness (QED) is 0.481. The lowest BCUT2D eigenvalue weighted by atomic mass is 10.0. The van der Waals surface area contributed by atoms with Gasteiger partial charge < -0.3 is 29.7 Å². The number of hydrogen-bond acceptors (Lipinski definition) is 6. The number of ether oxygens (including phenoxy) is 3. The molecule has 2 aliphatic heterocycles. The van der Waals surface area contributed by atoms with Crippen LogP contribution in [0.2, 0.25) is 0 Å². The molecule has 36 heavy (non-hydrogen) atoms. The Balaban J connectivity index is 1.09. The zero-order valence-electron chi connectivity index (χ0n) is 20.8. The van der Waals surface area contributed by atoms with Gasteiger partial charge in [-0.25, -0.2) is 0 Å². The summed E-state index contributed by atoms with van der Waals surface area (Å²) in [6, 6.07) is 22.7. The van der Waals surface area contributed by atoms with Gasteiger partial charge in [-0.05, 0) is 79.4 Å². The molecule has 0 unspecified atom stereocenters. The number of rotatable bonds is 8. The van der Waals surface area contributed by atoms with Gasteiger partial charge in [0.2, 0.25) is 6.79 Å². The summed E-state index contributed by atoms with van der Waals surface area (Å²) in [5.74, 6) is 2.26. The molecule has 3 aromatic carbocycles. The molecule has 2 heterocycles. The minimum atomic E-state index is -0.0883. The van der Waals surface area contributed by atoms with E-state index in [4.69, 9.17) is 14.2 Å². The number of carbonyl (C=O) groups is 1. The fraction of sp³-hybridized carbons (Fsp3) is 0.345. The summed E-state index contributed by atoms with van der Waals surface area (Å²) < 4.78 is 16.0. The van der Waals surface area contributed by atoms with Gasteiger partial charge in [0.15, 0.2) is 11.5 Å². The highest BCUT2D eigenvalue weighted by atomic mass is 16.7. The number of anilines is 1. The highest BCUT2D eigenvalue weighted by Crippen LogP contribution is 2.32. The molecule has 2 N–H and O–H groups in total. The van der Waals surface area contributed by atoms with Crippen LogP contribution in [0.3, 0.4) is 0 Å². The van der Waals surface area contributed by atoms with Gasteiger partial charge in [-0.1, -0.05) is 18.2 Å². The van der Waals surface area contributed by atoms with E-state index < -0.39 is 0 Å². The van der Waals surface area contributed by atoms with Gasteiger partial charge in [0.25, 0.3) is 5.91 Å². The number of fused-ring (bicyclic) bond motifs is 1. The molecule has 1 fully saturated rings. The first-order valence-corrected chi connectivity index (χ1v) is 12.5. The third-order valence-corrected chi connectivity index (χ3v) is 6.98. The first-order valence-electron chi connectivity index (χ1n) is 12.5. The second kappa shape index (κ2) is 10.9. The van der Waals surface area contributed by atoms with Crippen molar-refractivity contribution >= 4 is 11.6 Å². The van der Waals surface area contributed by atoms with E-state index in [1.54, 1.807) is 7.11 Å². The fourth-order valence-corrected chi connectivity index (χ4v) is 4.81. The molecule has 7 nitrogen and oxygen atoms in total. The van der Waals surface area contributed by atoms with Gasteiger partial charge in [-0.3, -0.25) is 4.79 Å². The Bertz CT molecular complexity index is 1170. The van der Waals surface area contributed by atoms with Crippen molar-refractivity contribution in [2.75, 3.05) is 31.9 Å². The Morgan fingerprint density at radius 1 is 1.00 bits per heavy atom. The number of nitrogens with one attached hydrogen (secondary N) is 2. The number of hydrogen-bond donors (Lipinski definition) is 2. The lowest BCUT2D eigenvalue weighted by molar-refractivity contribution is 0.0951. The molecule has 1 atom stereocenters. The van der Waals surface area contributed by atoms with Crippen LogP contribution in [0.4, 0.5) is 5.69 Å². The van der Waals surface area contributed by atoms with E-state index in [0.717, 1.165) is 54.4 Å². The Morgan fingerprint density at radius 2 is 1.72 bits per heavy atom. The molecule has 1 amide bonds. The van der Waals surface area contributed by atoms with Crippen molar-refractivity contribution < 1.29 is 19.0 Å². The van der Waals surface area contributed by atoms with Crippen molar-refractivity contribution in [2.45, 2.75) is 38.4 Å². The van der Waals surface area contributed by atoms with Crippen LogP contribution in [0.5, 0.6) is 17.2 Å². The van der Waals surface area contributed by atoms with E-state index in [-0.39, 0.29) is 12.7 Å². The van der Waals surface area contributed by atoms with Crippen molar-refractivity contribution in [3.8, 4) is 17.2 Å². The maximum Gasteiger partial charge on any atom is 0.251 e. The molecule has 7 heteroatoms. The Kier molecular flexibility index (Phi) is 7.28. The highest BCUT2D eigenvalue weighted by Gasteiger charge is 2.21. The number of carbonyl (C=O) groups excluding carboxylic acids is 1. The molecule has 5 rings (SSSR count). The third kappa shape index (κ3) is 5.57. The van der Waals surface area contributed by atoms with Crippen LogP contribution in [0.1, 0.15) is 47.3 Å². The Morgan fingerprint density at radius 3 is 2.44 bits per heavy atom. The smallest absolute Gasteiger partial charge is 0.251 e. The van der Waals surface area contributed by atoms with Crippen molar-refractivity contribution in [1.82, 2.24) is 10.6 Å². The second-order valence-corrected chi connectivity index (χ2v) is 9.34. The summed E-state index contributed by atoms with van der Waals surface area (Å²) in [4.78, 5) is 15.0. The maximum atomic E-state index is 12.6. The van der Waals surface area contributed by atoms with E-state index in [2.05, 4.69) is 34.6 Å².